The van der Waals surface area contributed by atoms with Crippen LogP contribution in [-0.2, 0) is 14.3 Å². The van der Waals surface area contributed by atoms with Crippen molar-refractivity contribution in [2.45, 2.75) is 76.5 Å². The molecule has 1 saturated heterocycles. The van der Waals surface area contributed by atoms with Crippen LogP contribution in [0.5, 0.6) is 0 Å². The molecule has 0 radical (unpaired) electrons. The first-order chi connectivity index (χ1) is 11.1. The van der Waals surface area contributed by atoms with E-state index in [1.54, 1.807) is 11.8 Å². The minimum Gasteiger partial charge on any atom is -0.369 e. The Hall–Kier alpha value is -1.36. The Morgan fingerprint density at radius 2 is 2.09 bits per heavy atom. The number of unbranched alkanes of at least 4 members (excludes halogenated alkanes) is 3. The Kier molecular flexibility index (Phi) is 7.09. The Balaban J connectivity index is 1.71. The van der Waals surface area contributed by atoms with Crippen molar-refractivity contribution in [2.24, 2.45) is 0 Å². The second-order valence-corrected chi connectivity index (χ2v) is 6.62. The molecule has 1 aliphatic heterocycles. The monoisotopic (exact) mass is 322 g/mol. The number of nitrogens with zero attached hydrogens (tertiary/aromatic N) is 1. The molecule has 0 aromatic rings. The van der Waals surface area contributed by atoms with E-state index in [1.807, 2.05) is 6.08 Å². The first-order valence-electron chi connectivity index (χ1n) is 8.97. The van der Waals surface area contributed by atoms with Gasteiger partial charge in [-0.05, 0) is 51.9 Å². The maximum absolute atomic E-state index is 12.5. The fourth-order valence-corrected chi connectivity index (χ4v) is 2.96. The van der Waals surface area contributed by atoms with E-state index >= 15 is 0 Å². The Labute approximate surface area is 139 Å². The van der Waals surface area contributed by atoms with Crippen LogP contribution in [0.3, 0.4) is 0 Å². The summed E-state index contributed by atoms with van der Waals surface area (Å²) in [7, 11) is 0. The summed E-state index contributed by atoms with van der Waals surface area (Å²) in [6.07, 6.45) is 9.43. The van der Waals surface area contributed by atoms with Crippen LogP contribution in [0, 0.1) is 0 Å². The molecule has 5 nitrogen and oxygen atoms in total. The molecular weight excluding hydrogens is 292 g/mol. The van der Waals surface area contributed by atoms with E-state index in [-0.39, 0.29) is 17.9 Å². The van der Waals surface area contributed by atoms with E-state index < -0.39 is 6.10 Å². The second-order valence-electron chi connectivity index (χ2n) is 6.62. The van der Waals surface area contributed by atoms with Gasteiger partial charge in [-0.15, -0.1) is 6.58 Å². The largest absolute Gasteiger partial charge is 0.369 e. The average molecular weight is 322 g/mol. The number of hydrogen-bond donors (Lipinski definition) is 1. The van der Waals surface area contributed by atoms with Crippen LogP contribution in [0.1, 0.15) is 58.3 Å². The predicted molar refractivity (Wildman–Crippen MR) is 90.0 cm³/mol. The van der Waals surface area contributed by atoms with E-state index in [1.165, 1.54) is 0 Å². The van der Waals surface area contributed by atoms with Crippen molar-refractivity contribution in [3.8, 4) is 0 Å². The molecule has 1 heterocycles. The Morgan fingerprint density at radius 3 is 2.78 bits per heavy atom. The van der Waals surface area contributed by atoms with Gasteiger partial charge in [-0.25, -0.2) is 0 Å². The third-order valence-electron chi connectivity index (χ3n) is 4.53. The molecule has 0 bridgehead atoms. The number of ether oxygens (including phenoxy) is 1. The van der Waals surface area contributed by atoms with Crippen LogP contribution in [0.2, 0.25) is 0 Å². The summed E-state index contributed by atoms with van der Waals surface area (Å²) in [6, 6.07) is 0.0334. The molecule has 1 aliphatic carbocycles. The van der Waals surface area contributed by atoms with Gasteiger partial charge in [0.2, 0.25) is 5.91 Å². The highest BCUT2D eigenvalue weighted by Gasteiger charge is 2.37. The highest BCUT2D eigenvalue weighted by Crippen LogP contribution is 2.23. The summed E-state index contributed by atoms with van der Waals surface area (Å²) in [6.45, 7) is 6.75. The van der Waals surface area contributed by atoms with E-state index in [9.17, 15) is 9.59 Å². The van der Waals surface area contributed by atoms with Gasteiger partial charge in [-0.1, -0.05) is 12.5 Å². The van der Waals surface area contributed by atoms with Crippen molar-refractivity contribution in [1.82, 2.24) is 10.2 Å². The number of likely N-dealkylation sites (tertiary alicyclic amines) is 1. The zero-order valence-corrected chi connectivity index (χ0v) is 14.3. The highest BCUT2D eigenvalue weighted by molar-refractivity contribution is 5.90. The van der Waals surface area contributed by atoms with Gasteiger partial charge < -0.3 is 15.0 Å². The molecule has 2 aliphatic rings. The molecule has 0 spiro atoms. The third kappa shape index (κ3) is 5.65. The second kappa shape index (κ2) is 9.06. The minimum atomic E-state index is -0.469. The lowest BCUT2D eigenvalue weighted by molar-refractivity contribution is -0.147. The summed E-state index contributed by atoms with van der Waals surface area (Å²) in [4.78, 5) is 26.5. The molecule has 130 valence electrons. The molecule has 2 atom stereocenters. The molecule has 1 N–H and O–H groups in total. The Morgan fingerprint density at radius 1 is 1.30 bits per heavy atom. The maximum atomic E-state index is 12.5. The fourth-order valence-electron chi connectivity index (χ4n) is 2.96. The van der Waals surface area contributed by atoms with E-state index in [0.717, 1.165) is 51.4 Å². The molecule has 0 aromatic heterocycles. The van der Waals surface area contributed by atoms with Crippen LogP contribution in [0.4, 0.5) is 0 Å². The van der Waals surface area contributed by atoms with Crippen molar-refractivity contribution in [3.05, 3.63) is 12.7 Å². The topological polar surface area (TPSA) is 58.6 Å². The summed E-state index contributed by atoms with van der Waals surface area (Å²) < 4.78 is 5.67. The maximum Gasteiger partial charge on any atom is 0.252 e. The van der Waals surface area contributed by atoms with Gasteiger partial charge in [0, 0.05) is 19.2 Å². The van der Waals surface area contributed by atoms with Crippen LogP contribution in [0.25, 0.3) is 0 Å². The van der Waals surface area contributed by atoms with Crippen LogP contribution in [-0.4, -0.2) is 48.1 Å². The van der Waals surface area contributed by atoms with Crippen molar-refractivity contribution in [1.29, 1.82) is 0 Å². The van der Waals surface area contributed by atoms with E-state index in [4.69, 9.17) is 4.74 Å². The zero-order chi connectivity index (χ0) is 16.7. The highest BCUT2D eigenvalue weighted by atomic mass is 16.5. The number of carbonyl (C=O) groups is 2. The lowest BCUT2D eigenvalue weighted by Gasteiger charge is -2.26. The van der Waals surface area contributed by atoms with Gasteiger partial charge in [0.15, 0.2) is 0 Å². The van der Waals surface area contributed by atoms with E-state index in [2.05, 4.69) is 11.9 Å². The predicted octanol–water partition coefficient (Wildman–Crippen LogP) is 2.41. The lowest BCUT2D eigenvalue weighted by Crippen LogP contribution is -2.49. The number of amides is 2. The van der Waals surface area contributed by atoms with Crippen molar-refractivity contribution < 1.29 is 14.3 Å². The molecule has 1 unspecified atom stereocenters. The quantitative estimate of drug-likeness (QED) is 0.496. The van der Waals surface area contributed by atoms with Gasteiger partial charge in [0.25, 0.3) is 5.91 Å². The standard InChI is InChI=1S/C18H30N2O3/c1-3-4-5-6-7-13-23-14(2)18(22)20-12-8-9-16(20)17(21)19-15-10-11-15/h3,14-16H,1,4-13H2,2H3,(H,19,21)/t14-,16?/m1/s1. The van der Waals surface area contributed by atoms with Crippen molar-refractivity contribution >= 4 is 11.8 Å². The summed E-state index contributed by atoms with van der Waals surface area (Å²) in [5.74, 6) is -0.0421. The SMILES string of the molecule is C=CCCCCCO[C@H](C)C(=O)N1CCCC1C(=O)NC1CC1. The average Bonchev–Trinajstić information content (AvgIpc) is 3.21. The molecule has 2 rings (SSSR count). The van der Waals surface area contributed by atoms with Gasteiger partial charge in [-0.3, -0.25) is 9.59 Å². The molecule has 2 fully saturated rings. The smallest absolute Gasteiger partial charge is 0.252 e. The van der Waals surface area contributed by atoms with Gasteiger partial charge in [-0.2, -0.15) is 0 Å². The number of carbonyl (C=O) groups excluding carboxylic acids is 2. The first kappa shape index (κ1) is 18.0. The number of allylic oxidation sites excluding steroid dienone is 1. The molecule has 23 heavy (non-hydrogen) atoms. The molecular formula is C18H30N2O3. The van der Waals surface area contributed by atoms with Gasteiger partial charge in [0.05, 0.1) is 0 Å². The molecule has 5 heteroatoms. The number of rotatable bonds is 10. The third-order valence-corrected chi connectivity index (χ3v) is 4.53. The van der Waals surface area contributed by atoms with Crippen LogP contribution < -0.4 is 5.32 Å². The molecule has 0 aromatic carbocycles. The molecule has 1 saturated carbocycles. The summed E-state index contributed by atoms with van der Waals surface area (Å²) in [5.41, 5.74) is 0. The van der Waals surface area contributed by atoms with Crippen LogP contribution >= 0.6 is 0 Å². The normalized spacial score (nSPS) is 22.0. The van der Waals surface area contributed by atoms with Crippen molar-refractivity contribution in [2.75, 3.05) is 13.2 Å². The van der Waals surface area contributed by atoms with Gasteiger partial charge >= 0.3 is 0 Å². The molecule has 2 amide bonds. The number of nitrogens with one attached hydrogen (secondary N) is 1. The fraction of sp³-hybridized carbons (Fsp3) is 0.778. The minimum absolute atomic E-state index is 0.00924. The number of hydrogen-bond acceptors (Lipinski definition) is 3. The summed E-state index contributed by atoms with van der Waals surface area (Å²) in [5, 5.41) is 3.01. The van der Waals surface area contributed by atoms with Crippen molar-refractivity contribution in [3.63, 3.8) is 0 Å². The lowest BCUT2D eigenvalue weighted by atomic mass is 10.2. The Bertz CT molecular complexity index is 420. The van der Waals surface area contributed by atoms with Crippen LogP contribution in [0.15, 0.2) is 12.7 Å². The van der Waals surface area contributed by atoms with Gasteiger partial charge in [0.1, 0.15) is 12.1 Å². The zero-order valence-electron chi connectivity index (χ0n) is 14.3. The summed E-state index contributed by atoms with van der Waals surface area (Å²) >= 11 is 0. The van der Waals surface area contributed by atoms with E-state index in [0.29, 0.717) is 19.2 Å². The first-order valence-corrected chi connectivity index (χ1v) is 8.97.